The lowest BCUT2D eigenvalue weighted by Crippen LogP contribution is -2.33. The van der Waals surface area contributed by atoms with Crippen molar-refractivity contribution in [3.63, 3.8) is 0 Å². The van der Waals surface area contributed by atoms with Crippen molar-refractivity contribution in [1.29, 1.82) is 0 Å². The molecule has 2 aliphatic rings. The third-order valence-corrected chi connectivity index (χ3v) is 13.6. The minimum atomic E-state index is -0.525. The molecule has 0 radical (unpaired) electrons. The quantitative estimate of drug-likeness (QED) is 0.124. The summed E-state index contributed by atoms with van der Waals surface area (Å²) < 4.78 is 2.50. The minimum absolute atomic E-state index is 0.464. The van der Waals surface area contributed by atoms with E-state index in [1.165, 1.54) is 77.2 Å². The van der Waals surface area contributed by atoms with Crippen molar-refractivity contribution in [2.24, 2.45) is 10.7 Å². The number of allylic oxidation sites excluding steroid dienone is 1. The molecule has 9 aromatic carbocycles. The molecule has 0 saturated heterocycles. The Balaban J connectivity index is 1.03. The van der Waals surface area contributed by atoms with Gasteiger partial charge in [0.25, 0.3) is 0 Å². The zero-order chi connectivity index (χ0) is 42.2. The first-order valence-corrected chi connectivity index (χ1v) is 21.9. The van der Waals surface area contributed by atoms with Gasteiger partial charge in [0.05, 0.1) is 27.8 Å². The number of nitrogens with zero attached hydrogens (tertiary/aromatic N) is 2. The fraction of sp³-hybridized carbons (Fsp3) is 0.0678. The van der Waals surface area contributed by atoms with Gasteiger partial charge in [-0.1, -0.05) is 183 Å². The molecule has 1 aliphatic heterocycles. The van der Waals surface area contributed by atoms with E-state index in [1.807, 2.05) is 7.05 Å². The Kier molecular flexibility index (Phi) is 8.38. The van der Waals surface area contributed by atoms with Crippen molar-refractivity contribution >= 4 is 44.1 Å². The molecule has 1 atom stereocenters. The maximum absolute atomic E-state index is 7.15. The first-order chi connectivity index (χ1) is 31.1. The first kappa shape index (κ1) is 36.9. The smallest absolute Gasteiger partial charge is 0.131 e. The summed E-state index contributed by atoms with van der Waals surface area (Å²) in [4.78, 5) is 5.31. The summed E-state index contributed by atoms with van der Waals surface area (Å²) in [6.07, 6.45) is 0.767. The molecule has 300 valence electrons. The van der Waals surface area contributed by atoms with Crippen LogP contribution in [0.5, 0.6) is 0 Å². The number of nitrogens with two attached hydrogens (primary N) is 1. The summed E-state index contributed by atoms with van der Waals surface area (Å²) in [6.45, 7) is 2.15. The third kappa shape index (κ3) is 5.31. The Hall–Kier alpha value is -7.95. The van der Waals surface area contributed by atoms with Gasteiger partial charge in [-0.2, -0.15) is 0 Å². The van der Waals surface area contributed by atoms with E-state index < -0.39 is 5.41 Å². The molecule has 1 spiro atoms. The average molecular weight is 809 g/mol. The van der Waals surface area contributed by atoms with Gasteiger partial charge in [0.1, 0.15) is 5.84 Å². The van der Waals surface area contributed by atoms with Gasteiger partial charge in [-0.05, 0) is 97.1 Å². The molecule has 0 amide bonds. The Morgan fingerprint density at radius 2 is 1.21 bits per heavy atom. The van der Waals surface area contributed by atoms with E-state index in [-0.39, 0.29) is 0 Å². The van der Waals surface area contributed by atoms with Gasteiger partial charge in [0, 0.05) is 34.6 Å². The van der Waals surface area contributed by atoms with Crippen LogP contribution < -0.4 is 11.1 Å². The highest BCUT2D eigenvalue weighted by Crippen LogP contribution is 2.62. The van der Waals surface area contributed by atoms with Crippen LogP contribution in [0.3, 0.4) is 0 Å². The van der Waals surface area contributed by atoms with Crippen LogP contribution in [0.25, 0.3) is 77.3 Å². The number of benzene rings is 9. The van der Waals surface area contributed by atoms with E-state index in [2.05, 4.69) is 217 Å². The normalized spacial score (nSPS) is 15.4. The van der Waals surface area contributed by atoms with E-state index in [0.29, 0.717) is 5.84 Å². The van der Waals surface area contributed by atoms with Crippen molar-refractivity contribution in [2.45, 2.75) is 18.8 Å². The predicted octanol–water partition coefficient (Wildman–Crippen LogP) is 13.7. The number of aliphatic imine (C=N–C) groups is 1. The van der Waals surface area contributed by atoms with Crippen LogP contribution in [0.4, 0.5) is 0 Å². The Labute approximate surface area is 367 Å². The summed E-state index contributed by atoms with van der Waals surface area (Å²) in [5.41, 5.74) is 26.3. The predicted molar refractivity (Wildman–Crippen MR) is 263 cm³/mol. The molecular formula is C59H44N4. The minimum Gasteiger partial charge on any atom is -0.390 e. The van der Waals surface area contributed by atoms with Crippen LogP contribution in [0.2, 0.25) is 0 Å². The Bertz CT molecular complexity index is 3560. The van der Waals surface area contributed by atoms with Crippen LogP contribution in [-0.4, -0.2) is 17.5 Å². The monoisotopic (exact) mass is 808 g/mol. The number of amidine groups is 1. The van der Waals surface area contributed by atoms with E-state index in [9.17, 15) is 0 Å². The van der Waals surface area contributed by atoms with Crippen molar-refractivity contribution in [3.05, 3.63) is 239 Å². The molecule has 0 bridgehead atoms. The van der Waals surface area contributed by atoms with Crippen LogP contribution in [0, 0.1) is 0 Å². The van der Waals surface area contributed by atoms with Crippen molar-refractivity contribution in [2.75, 3.05) is 7.05 Å². The van der Waals surface area contributed by atoms with E-state index in [1.54, 1.807) is 0 Å². The maximum Gasteiger partial charge on any atom is 0.131 e. The van der Waals surface area contributed by atoms with Crippen LogP contribution in [0.15, 0.2) is 211 Å². The van der Waals surface area contributed by atoms with E-state index in [4.69, 9.17) is 10.7 Å². The fourth-order valence-electron chi connectivity index (χ4n) is 10.9. The highest BCUT2D eigenvalue weighted by molar-refractivity contribution is 6.13. The molecule has 12 rings (SSSR count). The number of hydrogen-bond donors (Lipinski definition) is 2. The lowest BCUT2D eigenvalue weighted by molar-refractivity contribution is 0.748. The molecule has 1 aliphatic carbocycles. The molecule has 4 heteroatoms. The third-order valence-electron chi connectivity index (χ3n) is 13.6. The lowest BCUT2D eigenvalue weighted by Gasteiger charge is -2.39. The maximum atomic E-state index is 7.15. The number of fused-ring (bicyclic) bond motifs is 13. The molecule has 0 saturated carbocycles. The zero-order valence-electron chi connectivity index (χ0n) is 35.2. The summed E-state index contributed by atoms with van der Waals surface area (Å²) >= 11 is 0. The summed E-state index contributed by atoms with van der Waals surface area (Å²) in [6, 6.07) is 73.0. The van der Waals surface area contributed by atoms with E-state index in [0.717, 1.165) is 45.6 Å². The first-order valence-electron chi connectivity index (χ1n) is 21.9. The largest absolute Gasteiger partial charge is 0.390 e. The summed E-state index contributed by atoms with van der Waals surface area (Å²) in [7, 11) is 1.97. The van der Waals surface area contributed by atoms with Gasteiger partial charge in [-0.25, -0.2) is 4.99 Å². The molecule has 1 aromatic heterocycles. The molecule has 63 heavy (non-hydrogen) atoms. The average Bonchev–Trinajstić information content (AvgIpc) is 3.85. The van der Waals surface area contributed by atoms with Gasteiger partial charge in [0.15, 0.2) is 0 Å². The standard InChI is InChI=1S/C59H44N4/c1-3-52(61-2)56(45-23-7-6-21-42(45)40-34-33-37-17-4-5-18-38(37)35-40)62-58(60)41-20-14-19-39(36-41)43-25-15-29-50-55(43)47-24-8-10-27-48(47)59(50)49-28-11-13-32-54(49)63-53-31-12-9-22-44(53)46-26-16-30-51(59)57(46)63/h4-36,61H,3H2,1-2H3,(H2,60,62)/b56-52-. The highest BCUT2D eigenvalue weighted by Gasteiger charge is 2.51. The molecule has 3 N–H and O–H groups in total. The van der Waals surface area contributed by atoms with Gasteiger partial charge in [0.2, 0.25) is 0 Å². The Morgan fingerprint density at radius 1 is 0.556 bits per heavy atom. The number of hydrogen-bond acceptors (Lipinski definition) is 2. The van der Waals surface area contributed by atoms with Gasteiger partial charge < -0.3 is 15.6 Å². The zero-order valence-corrected chi connectivity index (χ0v) is 35.2. The Morgan fingerprint density at radius 3 is 2.08 bits per heavy atom. The second-order valence-electron chi connectivity index (χ2n) is 16.7. The molecule has 10 aromatic rings. The fourth-order valence-corrected chi connectivity index (χ4v) is 10.9. The molecular weight excluding hydrogens is 765 g/mol. The van der Waals surface area contributed by atoms with Gasteiger partial charge in [-0.15, -0.1) is 0 Å². The van der Waals surface area contributed by atoms with Crippen molar-refractivity contribution < 1.29 is 0 Å². The molecule has 4 nitrogen and oxygen atoms in total. The number of para-hydroxylation sites is 3. The number of aromatic nitrogens is 1. The van der Waals surface area contributed by atoms with Crippen LogP contribution in [-0.2, 0) is 5.41 Å². The summed E-state index contributed by atoms with van der Waals surface area (Å²) in [5.74, 6) is 0.464. The van der Waals surface area contributed by atoms with E-state index >= 15 is 0 Å². The number of nitrogens with one attached hydrogen (secondary N) is 1. The SMILES string of the molecule is CC/C(NC)=C(/N=C(\N)c1cccc(-c2cccc3c2-c2ccccc2C32c3ccccc3-n3c4ccccc4c4cccc2c43)c1)c1ccccc1-c1ccc2ccccc2c1. The second kappa shape index (κ2) is 14.3. The molecule has 0 fully saturated rings. The van der Waals surface area contributed by atoms with Crippen molar-refractivity contribution in [3.8, 4) is 39.1 Å². The van der Waals surface area contributed by atoms with Gasteiger partial charge in [-0.3, -0.25) is 0 Å². The summed E-state index contributed by atoms with van der Waals surface area (Å²) in [5, 5.41) is 8.43. The topological polar surface area (TPSA) is 55.3 Å². The second-order valence-corrected chi connectivity index (χ2v) is 16.7. The molecule has 1 unspecified atom stereocenters. The van der Waals surface area contributed by atoms with Crippen LogP contribution in [0.1, 0.15) is 46.7 Å². The van der Waals surface area contributed by atoms with Crippen LogP contribution >= 0.6 is 0 Å². The lowest BCUT2D eigenvalue weighted by atomic mass is 9.65. The number of rotatable bonds is 7. The van der Waals surface area contributed by atoms with Gasteiger partial charge >= 0.3 is 0 Å². The highest BCUT2D eigenvalue weighted by atomic mass is 15.0. The van der Waals surface area contributed by atoms with Crippen molar-refractivity contribution in [1.82, 2.24) is 9.88 Å². The molecule has 2 heterocycles.